The molecular weight excluding hydrogens is 675 g/mol. The van der Waals surface area contributed by atoms with Gasteiger partial charge >= 0.3 is 11.9 Å². The Morgan fingerprint density at radius 3 is 0.926 bits per heavy atom. The van der Waals surface area contributed by atoms with Crippen LogP contribution in [0.15, 0.2) is 0 Å². The van der Waals surface area contributed by atoms with Crippen LogP contribution < -0.4 is 0 Å². The molecule has 0 aliphatic heterocycles. The first-order chi connectivity index (χ1) is 26.5. The molecule has 0 amide bonds. The third-order valence-electron chi connectivity index (χ3n) is 10.8. The van der Waals surface area contributed by atoms with E-state index < -0.39 is 0 Å². The fourth-order valence-electron chi connectivity index (χ4n) is 7.15. The normalized spacial score (nSPS) is 11.7. The van der Waals surface area contributed by atoms with Gasteiger partial charge in [-0.25, -0.2) is 0 Å². The standard InChI is InChI=1S/C46H93N3O5/c1-5-9-13-17-18-26-36-48(35-25-16-12-8-4)40-32-46(52)54-44-30-22-20-28-38-49(41-42-50)37-27-19-21-29-43-53-45(51)31-39-47(33-23-14-10-6-2)34-24-15-11-7-3/h50H,5-44H2,1-4H3. The number of esters is 2. The summed E-state index contributed by atoms with van der Waals surface area (Å²) in [7, 11) is 0. The van der Waals surface area contributed by atoms with Crippen LogP contribution in [-0.2, 0) is 19.1 Å². The number of rotatable bonds is 44. The van der Waals surface area contributed by atoms with Gasteiger partial charge in [0.15, 0.2) is 0 Å². The molecule has 0 fully saturated rings. The van der Waals surface area contributed by atoms with Gasteiger partial charge in [0.05, 0.1) is 32.7 Å². The maximum Gasteiger partial charge on any atom is 0.307 e. The van der Waals surface area contributed by atoms with Crippen LogP contribution in [-0.4, -0.2) is 110 Å². The Morgan fingerprint density at radius 1 is 0.352 bits per heavy atom. The molecule has 54 heavy (non-hydrogen) atoms. The second-order valence-electron chi connectivity index (χ2n) is 16.0. The minimum Gasteiger partial charge on any atom is -0.466 e. The first-order valence-corrected chi connectivity index (χ1v) is 23.6. The van der Waals surface area contributed by atoms with Crippen molar-refractivity contribution in [2.24, 2.45) is 0 Å². The molecule has 8 nitrogen and oxygen atoms in total. The Balaban J connectivity index is 4.04. The Hall–Kier alpha value is -1.22. The molecule has 0 bridgehead atoms. The fraction of sp³-hybridized carbons (Fsp3) is 0.957. The molecule has 0 atom stereocenters. The SMILES string of the molecule is CCCCCCCCN(CCCCCC)CCC(=O)OCCCCCCN(CCO)CCCCCCOC(=O)CCN(CCCCCC)CCCCCC. The van der Waals surface area contributed by atoms with Crippen LogP contribution >= 0.6 is 0 Å². The van der Waals surface area contributed by atoms with Crippen LogP contribution in [0.3, 0.4) is 0 Å². The third-order valence-corrected chi connectivity index (χ3v) is 10.8. The first kappa shape index (κ1) is 52.8. The van der Waals surface area contributed by atoms with E-state index in [1.54, 1.807) is 0 Å². The molecule has 0 spiro atoms. The third kappa shape index (κ3) is 37.7. The summed E-state index contributed by atoms with van der Waals surface area (Å²) < 4.78 is 11.2. The summed E-state index contributed by atoms with van der Waals surface area (Å²) in [5, 5.41) is 9.57. The van der Waals surface area contributed by atoms with Crippen LogP contribution in [0.2, 0.25) is 0 Å². The number of aliphatic hydroxyl groups is 1. The smallest absolute Gasteiger partial charge is 0.307 e. The van der Waals surface area contributed by atoms with E-state index in [4.69, 9.17) is 9.47 Å². The van der Waals surface area contributed by atoms with E-state index in [9.17, 15) is 14.7 Å². The van der Waals surface area contributed by atoms with Crippen molar-refractivity contribution in [2.75, 3.05) is 78.7 Å². The number of aliphatic hydroxyl groups excluding tert-OH is 1. The lowest BCUT2D eigenvalue weighted by Gasteiger charge is -2.22. The summed E-state index contributed by atoms with van der Waals surface area (Å²) >= 11 is 0. The number of hydrogen-bond donors (Lipinski definition) is 1. The highest BCUT2D eigenvalue weighted by molar-refractivity contribution is 5.69. The zero-order valence-electron chi connectivity index (χ0n) is 36.7. The van der Waals surface area contributed by atoms with Crippen molar-refractivity contribution in [3.63, 3.8) is 0 Å². The Bertz CT molecular complexity index is 773. The number of unbranched alkanes of at least 4 members (excludes halogenated alkanes) is 20. The van der Waals surface area contributed by atoms with Gasteiger partial charge in [-0.05, 0) is 90.6 Å². The van der Waals surface area contributed by atoms with Crippen molar-refractivity contribution in [3.8, 4) is 0 Å². The van der Waals surface area contributed by atoms with E-state index in [0.29, 0.717) is 26.1 Å². The highest BCUT2D eigenvalue weighted by Crippen LogP contribution is 2.11. The van der Waals surface area contributed by atoms with Gasteiger partial charge in [-0.1, -0.05) is 143 Å². The molecular formula is C46H93N3O5. The monoisotopic (exact) mass is 768 g/mol. The van der Waals surface area contributed by atoms with Gasteiger partial charge in [0.25, 0.3) is 0 Å². The lowest BCUT2D eigenvalue weighted by Crippen LogP contribution is -2.29. The number of nitrogens with zero attached hydrogens (tertiary/aromatic N) is 3. The highest BCUT2D eigenvalue weighted by Gasteiger charge is 2.11. The summed E-state index contributed by atoms with van der Waals surface area (Å²) in [5.41, 5.74) is 0. The van der Waals surface area contributed by atoms with Gasteiger partial charge in [-0.2, -0.15) is 0 Å². The van der Waals surface area contributed by atoms with Gasteiger partial charge in [0.2, 0.25) is 0 Å². The Kier molecular flexibility index (Phi) is 41.9. The molecule has 0 unspecified atom stereocenters. The Morgan fingerprint density at radius 2 is 0.611 bits per heavy atom. The summed E-state index contributed by atoms with van der Waals surface area (Å²) in [6.45, 7) is 19.0. The average Bonchev–Trinajstić information content (AvgIpc) is 3.17. The minimum atomic E-state index is -0.0525. The lowest BCUT2D eigenvalue weighted by molar-refractivity contribution is -0.145. The zero-order valence-corrected chi connectivity index (χ0v) is 36.7. The molecule has 0 rings (SSSR count). The van der Waals surface area contributed by atoms with E-state index >= 15 is 0 Å². The average molecular weight is 768 g/mol. The predicted molar refractivity (Wildman–Crippen MR) is 230 cm³/mol. The zero-order chi connectivity index (χ0) is 39.6. The quantitative estimate of drug-likeness (QED) is 0.0485. The second-order valence-corrected chi connectivity index (χ2v) is 16.0. The van der Waals surface area contributed by atoms with E-state index in [0.717, 1.165) is 110 Å². The molecule has 0 aromatic rings. The van der Waals surface area contributed by atoms with Crippen LogP contribution in [0.4, 0.5) is 0 Å². The van der Waals surface area contributed by atoms with Crippen LogP contribution in [0.25, 0.3) is 0 Å². The van der Waals surface area contributed by atoms with Gasteiger partial charge in [-0.15, -0.1) is 0 Å². The summed E-state index contributed by atoms with van der Waals surface area (Å²) in [5.74, 6) is -0.101. The van der Waals surface area contributed by atoms with E-state index in [1.807, 2.05) is 0 Å². The van der Waals surface area contributed by atoms with Crippen molar-refractivity contribution >= 4 is 11.9 Å². The van der Waals surface area contributed by atoms with Gasteiger partial charge < -0.3 is 29.3 Å². The second kappa shape index (κ2) is 42.9. The largest absolute Gasteiger partial charge is 0.466 e. The van der Waals surface area contributed by atoms with Crippen LogP contribution in [0, 0.1) is 0 Å². The first-order valence-electron chi connectivity index (χ1n) is 23.6. The van der Waals surface area contributed by atoms with Crippen molar-refractivity contribution in [2.45, 2.75) is 207 Å². The number of hydrogen-bond acceptors (Lipinski definition) is 8. The van der Waals surface area contributed by atoms with Crippen molar-refractivity contribution < 1.29 is 24.2 Å². The molecule has 1 N–H and O–H groups in total. The summed E-state index contributed by atoms with van der Waals surface area (Å²) in [6, 6.07) is 0. The molecule has 322 valence electrons. The van der Waals surface area contributed by atoms with E-state index in [-0.39, 0.29) is 18.5 Å². The molecule has 0 aromatic carbocycles. The molecule has 8 heteroatoms. The molecule has 0 saturated carbocycles. The maximum atomic E-state index is 12.5. The summed E-state index contributed by atoms with van der Waals surface area (Å²) in [6.07, 6.45) is 32.4. The Labute approximate surface area is 336 Å². The predicted octanol–water partition coefficient (Wildman–Crippen LogP) is 11.0. The number of carbonyl (C=O) groups excluding carboxylic acids is 2. The van der Waals surface area contributed by atoms with Crippen molar-refractivity contribution in [3.05, 3.63) is 0 Å². The number of ether oxygens (including phenoxy) is 2. The van der Waals surface area contributed by atoms with E-state index in [1.165, 1.54) is 116 Å². The van der Waals surface area contributed by atoms with Crippen LogP contribution in [0.5, 0.6) is 0 Å². The molecule has 0 radical (unpaired) electrons. The minimum absolute atomic E-state index is 0.0490. The number of carbonyl (C=O) groups is 2. The van der Waals surface area contributed by atoms with Gasteiger partial charge in [0.1, 0.15) is 0 Å². The molecule has 0 saturated heterocycles. The molecule has 0 heterocycles. The van der Waals surface area contributed by atoms with Gasteiger partial charge in [-0.3, -0.25) is 9.59 Å². The van der Waals surface area contributed by atoms with Crippen molar-refractivity contribution in [1.29, 1.82) is 0 Å². The fourth-order valence-corrected chi connectivity index (χ4v) is 7.15. The molecule has 0 aliphatic rings. The topological polar surface area (TPSA) is 82.5 Å². The van der Waals surface area contributed by atoms with E-state index in [2.05, 4.69) is 42.4 Å². The molecule has 0 aromatic heterocycles. The van der Waals surface area contributed by atoms with Gasteiger partial charge in [0, 0.05) is 19.6 Å². The maximum absolute atomic E-state index is 12.5. The van der Waals surface area contributed by atoms with Crippen molar-refractivity contribution in [1.82, 2.24) is 14.7 Å². The highest BCUT2D eigenvalue weighted by atomic mass is 16.5. The van der Waals surface area contributed by atoms with Crippen LogP contribution in [0.1, 0.15) is 207 Å². The lowest BCUT2D eigenvalue weighted by atomic mass is 10.1. The summed E-state index contributed by atoms with van der Waals surface area (Å²) in [4.78, 5) is 32.2. The molecule has 0 aliphatic carbocycles.